The molecule has 0 radical (unpaired) electrons. The van der Waals surface area contributed by atoms with Crippen LogP contribution < -0.4 is 10.5 Å². The standard InChI is InChI=1S/C14H10ClF2NOS/c15-11-6-10(2-4-13(11)17)19-7-9-5-8(14(18)20)1-3-12(9)16/h1-6H,7H2,(H2,18,20). The van der Waals surface area contributed by atoms with Crippen LogP contribution in [-0.4, -0.2) is 4.99 Å². The molecule has 0 aromatic heterocycles. The SMILES string of the molecule is NC(=S)c1ccc(F)c(COc2ccc(F)c(Cl)c2)c1. The Kier molecular flexibility index (Phi) is 4.52. The molecule has 0 unspecified atom stereocenters. The number of benzene rings is 2. The van der Waals surface area contributed by atoms with E-state index in [1.807, 2.05) is 0 Å². The summed E-state index contributed by atoms with van der Waals surface area (Å²) in [6.07, 6.45) is 0. The van der Waals surface area contributed by atoms with Crippen molar-refractivity contribution < 1.29 is 13.5 Å². The average Bonchev–Trinajstić information content (AvgIpc) is 2.41. The topological polar surface area (TPSA) is 35.2 Å². The number of thiocarbonyl (C=S) groups is 1. The van der Waals surface area contributed by atoms with E-state index in [0.29, 0.717) is 16.9 Å². The Morgan fingerprint density at radius 2 is 1.85 bits per heavy atom. The van der Waals surface area contributed by atoms with Gasteiger partial charge in [-0.25, -0.2) is 8.78 Å². The fourth-order valence-electron chi connectivity index (χ4n) is 1.57. The van der Waals surface area contributed by atoms with E-state index in [2.05, 4.69) is 0 Å². The number of nitrogens with two attached hydrogens (primary N) is 1. The van der Waals surface area contributed by atoms with Gasteiger partial charge in [0.25, 0.3) is 0 Å². The van der Waals surface area contributed by atoms with E-state index >= 15 is 0 Å². The van der Waals surface area contributed by atoms with Crippen molar-refractivity contribution in [1.29, 1.82) is 0 Å². The minimum Gasteiger partial charge on any atom is -0.489 e. The predicted octanol–water partition coefficient (Wildman–Crippen LogP) is 3.83. The van der Waals surface area contributed by atoms with Crippen molar-refractivity contribution in [2.45, 2.75) is 6.61 Å². The lowest BCUT2D eigenvalue weighted by Gasteiger charge is -2.09. The van der Waals surface area contributed by atoms with E-state index in [9.17, 15) is 8.78 Å². The van der Waals surface area contributed by atoms with Gasteiger partial charge >= 0.3 is 0 Å². The molecule has 0 aliphatic heterocycles. The maximum atomic E-state index is 13.6. The molecule has 0 saturated heterocycles. The summed E-state index contributed by atoms with van der Waals surface area (Å²) in [5.41, 5.74) is 6.34. The molecule has 6 heteroatoms. The van der Waals surface area contributed by atoms with Crippen molar-refractivity contribution in [3.63, 3.8) is 0 Å². The summed E-state index contributed by atoms with van der Waals surface area (Å²) in [5, 5.41) is -0.0557. The van der Waals surface area contributed by atoms with Crippen molar-refractivity contribution >= 4 is 28.8 Å². The number of rotatable bonds is 4. The van der Waals surface area contributed by atoms with Crippen molar-refractivity contribution in [3.05, 3.63) is 64.2 Å². The Balaban J connectivity index is 2.15. The maximum absolute atomic E-state index is 13.6. The zero-order valence-corrected chi connectivity index (χ0v) is 11.8. The highest BCUT2D eigenvalue weighted by atomic mass is 35.5. The van der Waals surface area contributed by atoms with Crippen LogP contribution in [0, 0.1) is 11.6 Å². The molecule has 2 aromatic rings. The van der Waals surface area contributed by atoms with Gasteiger partial charge in [0.2, 0.25) is 0 Å². The molecule has 2 N–H and O–H groups in total. The van der Waals surface area contributed by atoms with Gasteiger partial charge in [0, 0.05) is 17.2 Å². The molecule has 0 aliphatic rings. The minimum atomic E-state index is -0.541. The fourth-order valence-corrected chi connectivity index (χ4v) is 1.86. The summed E-state index contributed by atoms with van der Waals surface area (Å²) in [5.74, 6) is -0.629. The van der Waals surface area contributed by atoms with Gasteiger partial charge in [0.15, 0.2) is 0 Å². The highest BCUT2D eigenvalue weighted by Gasteiger charge is 2.07. The van der Waals surface area contributed by atoms with Crippen LogP contribution in [0.5, 0.6) is 5.75 Å². The second-order valence-electron chi connectivity index (χ2n) is 4.04. The fraction of sp³-hybridized carbons (Fsp3) is 0.0714. The Labute approximate surface area is 125 Å². The molecule has 104 valence electrons. The third-order valence-corrected chi connectivity index (χ3v) is 3.14. The van der Waals surface area contributed by atoms with Crippen molar-refractivity contribution in [2.24, 2.45) is 5.73 Å². The van der Waals surface area contributed by atoms with Crippen LogP contribution in [0.4, 0.5) is 8.78 Å². The first-order chi connectivity index (χ1) is 9.47. The van der Waals surface area contributed by atoms with Gasteiger partial charge in [-0.3, -0.25) is 0 Å². The first-order valence-electron chi connectivity index (χ1n) is 5.63. The van der Waals surface area contributed by atoms with E-state index in [4.69, 9.17) is 34.3 Å². The highest BCUT2D eigenvalue weighted by molar-refractivity contribution is 7.80. The molecule has 0 fully saturated rings. The van der Waals surface area contributed by atoms with Crippen molar-refractivity contribution in [2.75, 3.05) is 0 Å². The smallest absolute Gasteiger partial charge is 0.142 e. The Hall–Kier alpha value is -1.72. The molecule has 0 bridgehead atoms. The molecule has 0 heterocycles. The normalized spacial score (nSPS) is 10.3. The molecule has 2 rings (SSSR count). The van der Waals surface area contributed by atoms with E-state index in [1.165, 1.54) is 36.4 Å². The number of ether oxygens (including phenoxy) is 1. The minimum absolute atomic E-state index is 0.0375. The van der Waals surface area contributed by atoms with Gasteiger partial charge in [-0.05, 0) is 30.3 Å². The van der Waals surface area contributed by atoms with Crippen LogP contribution in [0.3, 0.4) is 0 Å². The van der Waals surface area contributed by atoms with Gasteiger partial charge in [-0.1, -0.05) is 23.8 Å². The quantitative estimate of drug-likeness (QED) is 0.871. The summed E-state index contributed by atoms with van der Waals surface area (Å²) in [6.45, 7) is -0.0375. The van der Waals surface area contributed by atoms with E-state index in [0.717, 1.165) is 0 Å². The molecule has 0 spiro atoms. The predicted molar refractivity (Wildman–Crippen MR) is 78.0 cm³/mol. The molecule has 0 aliphatic carbocycles. The van der Waals surface area contributed by atoms with Gasteiger partial charge in [-0.15, -0.1) is 0 Å². The summed E-state index contributed by atoms with van der Waals surface area (Å²) in [6, 6.07) is 8.20. The molecular formula is C14H10ClF2NOS. The molecule has 20 heavy (non-hydrogen) atoms. The average molecular weight is 314 g/mol. The lowest BCUT2D eigenvalue weighted by molar-refractivity contribution is 0.299. The van der Waals surface area contributed by atoms with Crippen LogP contribution in [0.25, 0.3) is 0 Å². The summed E-state index contributed by atoms with van der Waals surface area (Å²) in [7, 11) is 0. The van der Waals surface area contributed by atoms with Gasteiger partial charge < -0.3 is 10.5 Å². The second kappa shape index (κ2) is 6.15. The zero-order chi connectivity index (χ0) is 14.7. The first kappa shape index (κ1) is 14.7. The van der Waals surface area contributed by atoms with E-state index in [-0.39, 0.29) is 16.6 Å². The van der Waals surface area contributed by atoms with Crippen LogP contribution in [0.1, 0.15) is 11.1 Å². The van der Waals surface area contributed by atoms with E-state index in [1.54, 1.807) is 0 Å². The molecule has 0 amide bonds. The molecule has 0 saturated carbocycles. The summed E-state index contributed by atoms with van der Waals surface area (Å²) < 4.78 is 32.0. The summed E-state index contributed by atoms with van der Waals surface area (Å²) in [4.78, 5) is 0.177. The maximum Gasteiger partial charge on any atom is 0.142 e. The lowest BCUT2D eigenvalue weighted by atomic mass is 10.1. The Morgan fingerprint density at radius 3 is 2.50 bits per heavy atom. The van der Waals surface area contributed by atoms with Crippen molar-refractivity contribution in [3.8, 4) is 5.75 Å². The first-order valence-corrected chi connectivity index (χ1v) is 6.42. The molecule has 2 aromatic carbocycles. The van der Waals surface area contributed by atoms with E-state index < -0.39 is 11.6 Å². The molecule has 2 nitrogen and oxygen atoms in total. The van der Waals surface area contributed by atoms with Gasteiger partial charge in [0.1, 0.15) is 29.0 Å². The van der Waals surface area contributed by atoms with Gasteiger partial charge in [0.05, 0.1) is 5.02 Å². The van der Waals surface area contributed by atoms with Gasteiger partial charge in [-0.2, -0.15) is 0 Å². The summed E-state index contributed by atoms with van der Waals surface area (Å²) >= 11 is 10.5. The molecular weight excluding hydrogens is 304 g/mol. The van der Waals surface area contributed by atoms with Crippen LogP contribution in [0.15, 0.2) is 36.4 Å². The number of hydrogen-bond acceptors (Lipinski definition) is 2. The zero-order valence-electron chi connectivity index (χ0n) is 10.2. The third-order valence-electron chi connectivity index (χ3n) is 2.62. The Morgan fingerprint density at radius 1 is 1.15 bits per heavy atom. The second-order valence-corrected chi connectivity index (χ2v) is 4.88. The largest absolute Gasteiger partial charge is 0.489 e. The number of halogens is 3. The van der Waals surface area contributed by atoms with Crippen molar-refractivity contribution in [1.82, 2.24) is 0 Å². The lowest BCUT2D eigenvalue weighted by Crippen LogP contribution is -2.10. The third kappa shape index (κ3) is 3.43. The van der Waals surface area contributed by atoms with Crippen LogP contribution in [0.2, 0.25) is 5.02 Å². The monoisotopic (exact) mass is 313 g/mol. The molecule has 0 atom stereocenters. The highest BCUT2D eigenvalue weighted by Crippen LogP contribution is 2.22. The van der Waals surface area contributed by atoms with Crippen LogP contribution in [-0.2, 0) is 6.61 Å². The number of hydrogen-bond donors (Lipinski definition) is 1. The Bertz CT molecular complexity index is 664. The van der Waals surface area contributed by atoms with Crippen LogP contribution >= 0.6 is 23.8 Å².